The molecule has 1 saturated heterocycles. The molecule has 1 aliphatic rings. The van der Waals surface area contributed by atoms with Gasteiger partial charge in [0.1, 0.15) is 5.75 Å². The van der Waals surface area contributed by atoms with E-state index in [1.54, 1.807) is 0 Å². The molecule has 1 aliphatic heterocycles. The Balaban J connectivity index is 1.58. The number of nitrogens with zero attached hydrogens (tertiary/aromatic N) is 3. The van der Waals surface area contributed by atoms with E-state index in [2.05, 4.69) is 27.1 Å². The van der Waals surface area contributed by atoms with Crippen LogP contribution in [0.2, 0.25) is 5.02 Å². The summed E-state index contributed by atoms with van der Waals surface area (Å²) in [5.41, 5.74) is 2.23. The zero-order valence-electron chi connectivity index (χ0n) is 13.9. The molecule has 0 amide bonds. The molecule has 1 heterocycles. The lowest BCUT2D eigenvalue weighted by molar-refractivity contribution is 0.272. The zero-order chi connectivity index (χ0) is 16.8. The van der Waals surface area contributed by atoms with Crippen molar-refractivity contribution in [1.82, 2.24) is 5.01 Å². The van der Waals surface area contributed by atoms with E-state index < -0.39 is 0 Å². The van der Waals surface area contributed by atoms with Gasteiger partial charge in [0.25, 0.3) is 0 Å². The number of halogens is 1. The molecule has 24 heavy (non-hydrogen) atoms. The fraction of sp³-hybridized carbons (Fsp3) is 0.316. The minimum Gasteiger partial charge on any atom is -0.493 e. The van der Waals surface area contributed by atoms with Gasteiger partial charge in [0.2, 0.25) is 0 Å². The van der Waals surface area contributed by atoms with Gasteiger partial charge in [0.05, 0.1) is 25.9 Å². The van der Waals surface area contributed by atoms with Crippen LogP contribution in [-0.2, 0) is 0 Å². The molecule has 0 radical (unpaired) electrons. The average molecular weight is 344 g/mol. The summed E-state index contributed by atoms with van der Waals surface area (Å²) < 4.78 is 5.63. The van der Waals surface area contributed by atoms with Crippen LogP contribution in [0.5, 0.6) is 5.75 Å². The highest BCUT2D eigenvalue weighted by atomic mass is 35.5. The standard InChI is InChI=1S/C19H22ClN3O/c1-2-24-19-6-4-3-5-16(19)15-21-23-13-11-22(12-14-23)18-9-7-17(20)8-10-18/h3-10,15H,2,11-14H2,1H3/b21-15-. The first-order valence-electron chi connectivity index (χ1n) is 8.27. The summed E-state index contributed by atoms with van der Waals surface area (Å²) in [6.07, 6.45) is 1.89. The molecule has 1 fully saturated rings. The summed E-state index contributed by atoms with van der Waals surface area (Å²) in [5, 5.41) is 7.50. The lowest BCUT2D eigenvalue weighted by Crippen LogP contribution is -2.44. The maximum Gasteiger partial charge on any atom is 0.128 e. The first kappa shape index (κ1) is 16.7. The van der Waals surface area contributed by atoms with Crippen molar-refractivity contribution in [2.75, 3.05) is 37.7 Å². The minimum absolute atomic E-state index is 0.657. The summed E-state index contributed by atoms with van der Waals surface area (Å²) in [6, 6.07) is 16.0. The van der Waals surface area contributed by atoms with Gasteiger partial charge in [0.15, 0.2) is 0 Å². The highest BCUT2D eigenvalue weighted by molar-refractivity contribution is 6.30. The summed E-state index contributed by atoms with van der Waals surface area (Å²) >= 11 is 5.95. The zero-order valence-corrected chi connectivity index (χ0v) is 14.6. The molecule has 0 unspecified atom stereocenters. The van der Waals surface area contributed by atoms with Gasteiger partial charge in [-0.3, -0.25) is 5.01 Å². The highest BCUT2D eigenvalue weighted by Gasteiger charge is 2.15. The Morgan fingerprint density at radius 3 is 2.46 bits per heavy atom. The smallest absolute Gasteiger partial charge is 0.128 e. The summed E-state index contributed by atoms with van der Waals surface area (Å²) in [7, 11) is 0. The molecule has 0 spiro atoms. The second-order valence-electron chi connectivity index (χ2n) is 5.63. The number of hydrazone groups is 1. The van der Waals surface area contributed by atoms with Crippen molar-refractivity contribution in [2.45, 2.75) is 6.92 Å². The second-order valence-corrected chi connectivity index (χ2v) is 6.07. The molecule has 0 aromatic heterocycles. The topological polar surface area (TPSA) is 28.1 Å². The Labute approximate surface area is 148 Å². The Hall–Kier alpha value is -2.20. The van der Waals surface area contributed by atoms with Gasteiger partial charge in [-0.15, -0.1) is 0 Å². The molecule has 0 saturated carbocycles. The minimum atomic E-state index is 0.657. The molecule has 3 rings (SSSR count). The largest absolute Gasteiger partial charge is 0.493 e. The van der Waals surface area contributed by atoms with Crippen LogP contribution in [0.1, 0.15) is 12.5 Å². The molecule has 5 heteroatoms. The van der Waals surface area contributed by atoms with Gasteiger partial charge in [-0.2, -0.15) is 5.10 Å². The third-order valence-electron chi connectivity index (χ3n) is 4.03. The maximum absolute atomic E-state index is 5.95. The number of benzene rings is 2. The van der Waals surface area contributed by atoms with Crippen molar-refractivity contribution in [3.05, 3.63) is 59.1 Å². The number of hydrogen-bond donors (Lipinski definition) is 0. The fourth-order valence-electron chi connectivity index (χ4n) is 2.74. The van der Waals surface area contributed by atoms with Gasteiger partial charge in [0, 0.05) is 29.4 Å². The van der Waals surface area contributed by atoms with Crippen molar-refractivity contribution in [1.29, 1.82) is 0 Å². The maximum atomic E-state index is 5.95. The fourth-order valence-corrected chi connectivity index (χ4v) is 2.87. The predicted molar refractivity (Wildman–Crippen MR) is 100 cm³/mol. The normalized spacial score (nSPS) is 15.1. The van der Waals surface area contributed by atoms with E-state index in [0.717, 1.165) is 42.5 Å². The lowest BCUT2D eigenvalue weighted by atomic mass is 10.2. The Morgan fingerprint density at radius 1 is 1.04 bits per heavy atom. The van der Waals surface area contributed by atoms with E-state index in [-0.39, 0.29) is 0 Å². The van der Waals surface area contributed by atoms with Gasteiger partial charge in [-0.1, -0.05) is 23.7 Å². The summed E-state index contributed by atoms with van der Waals surface area (Å²) in [4.78, 5) is 2.36. The third-order valence-corrected chi connectivity index (χ3v) is 4.28. The van der Waals surface area contributed by atoms with Crippen molar-refractivity contribution in [2.24, 2.45) is 5.10 Å². The van der Waals surface area contributed by atoms with Crippen molar-refractivity contribution in [3.63, 3.8) is 0 Å². The Bertz CT molecular complexity index is 679. The lowest BCUT2D eigenvalue weighted by Gasteiger charge is -2.34. The molecule has 0 N–H and O–H groups in total. The van der Waals surface area contributed by atoms with Crippen LogP contribution in [0.15, 0.2) is 53.6 Å². The Morgan fingerprint density at radius 2 is 1.75 bits per heavy atom. The number of rotatable bonds is 5. The van der Waals surface area contributed by atoms with E-state index in [4.69, 9.17) is 16.3 Å². The Kier molecular flexibility index (Phi) is 5.59. The van der Waals surface area contributed by atoms with Crippen molar-refractivity contribution < 1.29 is 4.74 Å². The average Bonchev–Trinajstić information content (AvgIpc) is 2.62. The molecule has 0 aliphatic carbocycles. The van der Waals surface area contributed by atoms with Crippen LogP contribution in [0, 0.1) is 0 Å². The van der Waals surface area contributed by atoms with Gasteiger partial charge >= 0.3 is 0 Å². The van der Waals surface area contributed by atoms with Crippen LogP contribution >= 0.6 is 11.6 Å². The quantitative estimate of drug-likeness (QED) is 0.771. The van der Waals surface area contributed by atoms with Crippen LogP contribution in [0.25, 0.3) is 0 Å². The molecule has 126 valence electrons. The monoisotopic (exact) mass is 343 g/mol. The molecule has 2 aromatic rings. The highest BCUT2D eigenvalue weighted by Crippen LogP contribution is 2.20. The van der Waals surface area contributed by atoms with E-state index in [9.17, 15) is 0 Å². The van der Waals surface area contributed by atoms with Crippen molar-refractivity contribution in [3.8, 4) is 5.75 Å². The van der Waals surface area contributed by atoms with Crippen LogP contribution in [0.3, 0.4) is 0 Å². The number of piperazine rings is 1. The SMILES string of the molecule is CCOc1ccccc1/C=N\N1CCN(c2ccc(Cl)cc2)CC1. The number of ether oxygens (including phenoxy) is 1. The molecule has 0 atom stereocenters. The summed E-state index contributed by atoms with van der Waals surface area (Å²) in [5.74, 6) is 0.878. The van der Waals surface area contributed by atoms with Gasteiger partial charge in [-0.05, 0) is 43.3 Å². The number of anilines is 1. The van der Waals surface area contributed by atoms with Crippen LogP contribution < -0.4 is 9.64 Å². The first-order valence-corrected chi connectivity index (χ1v) is 8.65. The van der Waals surface area contributed by atoms with E-state index in [0.29, 0.717) is 6.61 Å². The van der Waals surface area contributed by atoms with E-state index >= 15 is 0 Å². The molecular weight excluding hydrogens is 322 g/mol. The second kappa shape index (κ2) is 8.06. The predicted octanol–water partition coefficient (Wildman–Crippen LogP) is 3.89. The van der Waals surface area contributed by atoms with Crippen LogP contribution in [-0.4, -0.2) is 44.0 Å². The molecule has 4 nitrogen and oxygen atoms in total. The molecule has 2 aromatic carbocycles. The number of hydrogen-bond acceptors (Lipinski definition) is 4. The first-order chi connectivity index (χ1) is 11.8. The van der Waals surface area contributed by atoms with Crippen LogP contribution in [0.4, 0.5) is 5.69 Å². The van der Waals surface area contributed by atoms with E-state index in [1.165, 1.54) is 5.69 Å². The van der Waals surface area contributed by atoms with Gasteiger partial charge in [-0.25, -0.2) is 0 Å². The van der Waals surface area contributed by atoms with Crippen molar-refractivity contribution >= 4 is 23.5 Å². The summed E-state index contributed by atoms with van der Waals surface area (Å²) in [6.45, 7) is 6.35. The molecule has 0 bridgehead atoms. The van der Waals surface area contributed by atoms with E-state index in [1.807, 2.05) is 49.5 Å². The number of para-hydroxylation sites is 1. The molecular formula is C19H22ClN3O. The third kappa shape index (κ3) is 4.20. The van der Waals surface area contributed by atoms with Gasteiger partial charge < -0.3 is 9.64 Å².